The zero-order chi connectivity index (χ0) is 8.27. The molecule has 0 aliphatic carbocycles. The number of hydrogen-bond donors (Lipinski definition) is 0. The van der Waals surface area contributed by atoms with Crippen LogP contribution in [0.2, 0.25) is 0 Å². The molecule has 58 valence electrons. The van der Waals surface area contributed by atoms with Crippen molar-refractivity contribution in [2.45, 2.75) is 19.9 Å². The van der Waals surface area contributed by atoms with E-state index in [9.17, 15) is 0 Å². The van der Waals surface area contributed by atoms with Crippen LogP contribution in [-0.2, 0) is 0 Å². The average Bonchev–Trinajstić information content (AvgIpc) is 2.36. The molecule has 1 aromatic rings. The Labute approximate surface area is 64.5 Å². The van der Waals surface area contributed by atoms with Gasteiger partial charge in [-0.3, -0.25) is 0 Å². The van der Waals surface area contributed by atoms with Crippen molar-refractivity contribution in [2.24, 2.45) is 5.11 Å². The predicted octanol–water partition coefficient (Wildman–Crippen LogP) is 2.96. The third-order valence-corrected chi connectivity index (χ3v) is 1.40. The largest absolute Gasteiger partial charge is 0.466 e. The summed E-state index contributed by atoms with van der Waals surface area (Å²) in [5.74, 6) is 1.54. The lowest BCUT2D eigenvalue weighted by atomic mass is 10.3. The van der Waals surface area contributed by atoms with Gasteiger partial charge in [-0.25, -0.2) is 0 Å². The molecule has 0 fully saturated rings. The molecule has 1 unspecified atom stereocenters. The highest BCUT2D eigenvalue weighted by molar-refractivity contribution is 5.08. The van der Waals surface area contributed by atoms with Crippen LogP contribution in [0.4, 0.5) is 0 Å². The van der Waals surface area contributed by atoms with Crippen LogP contribution >= 0.6 is 0 Å². The van der Waals surface area contributed by atoms with E-state index < -0.39 is 0 Å². The molecule has 1 rings (SSSR count). The Hall–Kier alpha value is -1.41. The Kier molecular flexibility index (Phi) is 2.18. The molecule has 0 N–H and O–H groups in total. The van der Waals surface area contributed by atoms with E-state index in [0.717, 1.165) is 5.76 Å². The van der Waals surface area contributed by atoms with E-state index in [1.54, 1.807) is 6.92 Å². The minimum Gasteiger partial charge on any atom is -0.466 e. The Morgan fingerprint density at radius 2 is 2.36 bits per heavy atom. The highest BCUT2D eigenvalue weighted by Crippen LogP contribution is 2.18. The second-order valence-corrected chi connectivity index (χ2v) is 2.33. The molecule has 0 amide bonds. The van der Waals surface area contributed by atoms with Gasteiger partial charge in [0.2, 0.25) is 0 Å². The molecule has 1 aromatic heterocycles. The van der Waals surface area contributed by atoms with Gasteiger partial charge >= 0.3 is 0 Å². The van der Waals surface area contributed by atoms with E-state index in [1.165, 1.54) is 0 Å². The third kappa shape index (κ3) is 1.75. The average molecular weight is 151 g/mol. The first-order valence-corrected chi connectivity index (χ1v) is 3.34. The second-order valence-electron chi connectivity index (χ2n) is 2.33. The van der Waals surface area contributed by atoms with E-state index >= 15 is 0 Å². The van der Waals surface area contributed by atoms with Gasteiger partial charge in [-0.15, -0.1) is 0 Å². The molecule has 1 atom stereocenters. The fourth-order valence-electron chi connectivity index (χ4n) is 0.812. The van der Waals surface area contributed by atoms with Crippen LogP contribution in [0, 0.1) is 6.92 Å². The van der Waals surface area contributed by atoms with Crippen LogP contribution in [0.25, 0.3) is 10.4 Å². The monoisotopic (exact) mass is 151 g/mol. The van der Waals surface area contributed by atoms with Gasteiger partial charge in [0.25, 0.3) is 0 Å². The summed E-state index contributed by atoms with van der Waals surface area (Å²) < 4.78 is 5.23. The maximum Gasteiger partial charge on any atom is 0.112 e. The SMILES string of the molecule is Cc1ccc(C(C)N=[N+]=[N-])o1. The molecule has 1 heterocycles. The molecule has 11 heavy (non-hydrogen) atoms. The van der Waals surface area contributed by atoms with Gasteiger partial charge in [0, 0.05) is 4.91 Å². The molecule has 0 aromatic carbocycles. The van der Waals surface area contributed by atoms with Crippen LogP contribution < -0.4 is 0 Å². The van der Waals surface area contributed by atoms with E-state index in [2.05, 4.69) is 10.0 Å². The second kappa shape index (κ2) is 3.12. The Morgan fingerprint density at radius 1 is 1.64 bits per heavy atom. The number of aryl methyl sites for hydroxylation is 1. The number of nitrogens with zero attached hydrogens (tertiary/aromatic N) is 3. The Balaban J connectivity index is 2.84. The van der Waals surface area contributed by atoms with Crippen LogP contribution in [0.1, 0.15) is 24.5 Å². The summed E-state index contributed by atoms with van der Waals surface area (Å²) in [6.07, 6.45) is 0. The van der Waals surface area contributed by atoms with Crippen LogP contribution in [0.15, 0.2) is 21.7 Å². The molecular weight excluding hydrogens is 142 g/mol. The summed E-state index contributed by atoms with van der Waals surface area (Å²) in [7, 11) is 0. The molecule has 4 heteroatoms. The third-order valence-electron chi connectivity index (χ3n) is 1.40. The van der Waals surface area contributed by atoms with E-state index in [0.29, 0.717) is 5.76 Å². The topological polar surface area (TPSA) is 61.9 Å². The van der Waals surface area contributed by atoms with Crippen molar-refractivity contribution in [2.75, 3.05) is 0 Å². The zero-order valence-corrected chi connectivity index (χ0v) is 6.48. The maximum atomic E-state index is 8.12. The molecule has 0 aliphatic rings. The van der Waals surface area contributed by atoms with Gasteiger partial charge in [-0.2, -0.15) is 0 Å². The summed E-state index contributed by atoms with van der Waals surface area (Å²) in [6, 6.07) is 3.45. The number of rotatable bonds is 2. The van der Waals surface area contributed by atoms with E-state index in [-0.39, 0.29) is 6.04 Å². The van der Waals surface area contributed by atoms with Crippen molar-refractivity contribution in [3.63, 3.8) is 0 Å². The first-order valence-electron chi connectivity index (χ1n) is 3.34. The summed E-state index contributed by atoms with van der Waals surface area (Å²) in [6.45, 7) is 3.64. The van der Waals surface area contributed by atoms with E-state index in [1.807, 2.05) is 19.1 Å². The lowest BCUT2D eigenvalue weighted by Crippen LogP contribution is -1.82. The summed E-state index contributed by atoms with van der Waals surface area (Å²) in [5, 5.41) is 3.49. The minimum absolute atomic E-state index is 0.214. The van der Waals surface area contributed by atoms with Crippen molar-refractivity contribution >= 4 is 0 Å². The van der Waals surface area contributed by atoms with Crippen molar-refractivity contribution in [1.82, 2.24) is 0 Å². The van der Waals surface area contributed by atoms with Gasteiger partial charge in [0.15, 0.2) is 0 Å². The predicted molar refractivity (Wildman–Crippen MR) is 41.0 cm³/mol. The van der Waals surface area contributed by atoms with E-state index in [4.69, 9.17) is 9.95 Å². The van der Waals surface area contributed by atoms with Gasteiger partial charge in [0.05, 0.1) is 6.04 Å². The summed E-state index contributed by atoms with van der Waals surface area (Å²) in [4.78, 5) is 2.69. The number of azide groups is 1. The standard InChI is InChI=1S/C7H9N3O/c1-5-3-4-7(11-5)6(2)9-10-8/h3-4,6H,1-2H3. The van der Waals surface area contributed by atoms with Crippen molar-refractivity contribution in [3.05, 3.63) is 34.1 Å². The molecule has 4 nitrogen and oxygen atoms in total. The first-order chi connectivity index (χ1) is 5.24. The van der Waals surface area contributed by atoms with Crippen LogP contribution in [0.3, 0.4) is 0 Å². The Bertz CT molecular complexity index is 286. The fourth-order valence-corrected chi connectivity index (χ4v) is 0.812. The van der Waals surface area contributed by atoms with Crippen molar-refractivity contribution < 1.29 is 4.42 Å². The molecular formula is C7H9N3O. The number of furan rings is 1. The summed E-state index contributed by atoms with van der Waals surface area (Å²) >= 11 is 0. The normalized spacial score (nSPS) is 12.2. The minimum atomic E-state index is -0.214. The quantitative estimate of drug-likeness (QED) is 0.364. The van der Waals surface area contributed by atoms with Crippen LogP contribution in [0.5, 0.6) is 0 Å². The number of hydrogen-bond acceptors (Lipinski definition) is 2. The van der Waals surface area contributed by atoms with Crippen molar-refractivity contribution in [1.29, 1.82) is 0 Å². The maximum absolute atomic E-state index is 8.12. The Morgan fingerprint density at radius 3 is 2.82 bits per heavy atom. The van der Waals surface area contributed by atoms with Crippen LogP contribution in [-0.4, -0.2) is 0 Å². The molecule has 0 spiro atoms. The molecule has 0 radical (unpaired) electrons. The molecule has 0 bridgehead atoms. The highest BCUT2D eigenvalue weighted by Gasteiger charge is 2.05. The van der Waals surface area contributed by atoms with Gasteiger partial charge in [-0.05, 0) is 31.5 Å². The van der Waals surface area contributed by atoms with Crippen molar-refractivity contribution in [3.8, 4) is 0 Å². The lowest BCUT2D eigenvalue weighted by molar-refractivity contribution is 0.457. The smallest absolute Gasteiger partial charge is 0.112 e. The molecule has 0 saturated heterocycles. The van der Waals surface area contributed by atoms with Gasteiger partial charge in [0.1, 0.15) is 11.5 Å². The zero-order valence-electron chi connectivity index (χ0n) is 6.48. The first kappa shape index (κ1) is 7.69. The lowest BCUT2D eigenvalue weighted by Gasteiger charge is -1.96. The van der Waals surface area contributed by atoms with Gasteiger partial charge < -0.3 is 4.42 Å². The van der Waals surface area contributed by atoms with Gasteiger partial charge in [-0.1, -0.05) is 5.11 Å². The molecule has 0 aliphatic heterocycles. The summed E-state index contributed by atoms with van der Waals surface area (Å²) in [5.41, 5.74) is 8.12. The highest BCUT2D eigenvalue weighted by atomic mass is 16.3. The fraction of sp³-hybridized carbons (Fsp3) is 0.429. The molecule has 0 saturated carbocycles.